The molecular formula is C13H19Br3N2. The first-order valence-electron chi connectivity index (χ1n) is 6.12. The van der Waals surface area contributed by atoms with Crippen molar-refractivity contribution in [2.75, 3.05) is 39.3 Å². The van der Waals surface area contributed by atoms with Gasteiger partial charge in [0.15, 0.2) is 0 Å². The van der Waals surface area contributed by atoms with E-state index >= 15 is 0 Å². The van der Waals surface area contributed by atoms with E-state index in [1.807, 2.05) is 0 Å². The maximum absolute atomic E-state index is 2.75. The Morgan fingerprint density at radius 3 is 1.94 bits per heavy atom. The zero-order valence-electron chi connectivity index (χ0n) is 10.4. The Morgan fingerprint density at radius 2 is 1.44 bits per heavy atom. The molecule has 0 unspecified atom stereocenters. The Morgan fingerprint density at radius 1 is 0.944 bits per heavy atom. The fraction of sp³-hybridized carbons (Fsp3) is 0.538. The smallest absolute Gasteiger partial charge is 0.104 e. The molecule has 3 fully saturated rings. The second-order valence-corrected chi connectivity index (χ2v) is 5.00. The molecular weight excluding hydrogens is 424 g/mol. The van der Waals surface area contributed by atoms with Gasteiger partial charge in [0, 0.05) is 53.5 Å². The van der Waals surface area contributed by atoms with Crippen molar-refractivity contribution in [3.05, 3.63) is 35.9 Å². The highest BCUT2D eigenvalue weighted by Crippen LogP contribution is 2.22. The van der Waals surface area contributed by atoms with Gasteiger partial charge in [-0.25, -0.2) is 0 Å². The summed E-state index contributed by atoms with van der Waals surface area (Å²) >= 11 is 5.50. The number of fused-ring (bicyclic) bond motifs is 3. The molecule has 0 atom stereocenters. The quantitative estimate of drug-likeness (QED) is 0.584. The number of benzene rings is 1. The SMILES string of the molecule is BrBr.[Br-].c1ccc(C[N+]23CCN(CC2)CC3)cc1. The van der Waals surface area contributed by atoms with Gasteiger partial charge in [0.2, 0.25) is 0 Å². The summed E-state index contributed by atoms with van der Waals surface area (Å²) in [6, 6.07) is 11.0. The van der Waals surface area contributed by atoms with Gasteiger partial charge in [-0.1, -0.05) is 30.3 Å². The molecule has 2 nitrogen and oxygen atoms in total. The summed E-state index contributed by atoms with van der Waals surface area (Å²) in [4.78, 5) is 2.60. The van der Waals surface area contributed by atoms with E-state index in [9.17, 15) is 0 Å². The van der Waals surface area contributed by atoms with Crippen LogP contribution in [0.4, 0.5) is 0 Å². The number of nitrogens with zero attached hydrogens (tertiary/aromatic N) is 2. The van der Waals surface area contributed by atoms with Crippen LogP contribution in [0.15, 0.2) is 30.3 Å². The number of halogens is 3. The molecule has 0 aromatic heterocycles. The second kappa shape index (κ2) is 8.00. The van der Waals surface area contributed by atoms with Crippen LogP contribution >= 0.6 is 28.3 Å². The number of hydrogen-bond donors (Lipinski definition) is 0. The minimum absolute atomic E-state index is 0. The number of hydrogen-bond acceptors (Lipinski definition) is 1. The van der Waals surface area contributed by atoms with Gasteiger partial charge in [-0.15, -0.1) is 0 Å². The molecule has 0 spiro atoms. The second-order valence-electron chi connectivity index (χ2n) is 5.00. The average Bonchev–Trinajstić information content (AvgIpc) is 2.44. The summed E-state index contributed by atoms with van der Waals surface area (Å²) < 4.78 is 1.33. The van der Waals surface area contributed by atoms with Crippen LogP contribution in [0.3, 0.4) is 0 Å². The minimum Gasteiger partial charge on any atom is -1.00 e. The van der Waals surface area contributed by atoms with E-state index in [0.29, 0.717) is 0 Å². The molecule has 3 aliphatic rings. The first kappa shape index (κ1) is 16.6. The predicted molar refractivity (Wildman–Crippen MR) is 79.3 cm³/mol. The maximum atomic E-state index is 2.75. The van der Waals surface area contributed by atoms with E-state index in [1.165, 1.54) is 55.9 Å². The van der Waals surface area contributed by atoms with Crippen LogP contribution in [-0.2, 0) is 6.54 Å². The van der Waals surface area contributed by atoms with Crippen LogP contribution in [0, 0.1) is 0 Å². The van der Waals surface area contributed by atoms with Crippen molar-refractivity contribution in [2.45, 2.75) is 6.54 Å². The van der Waals surface area contributed by atoms with Crippen LogP contribution in [0.1, 0.15) is 5.56 Å². The van der Waals surface area contributed by atoms with Gasteiger partial charge in [-0.05, 0) is 0 Å². The minimum atomic E-state index is 0. The van der Waals surface area contributed by atoms with E-state index in [2.05, 4.69) is 63.5 Å². The molecule has 0 saturated carbocycles. The molecule has 0 N–H and O–H groups in total. The highest BCUT2D eigenvalue weighted by atomic mass is 80.9. The third-order valence-electron chi connectivity index (χ3n) is 4.03. The van der Waals surface area contributed by atoms with Crippen molar-refractivity contribution in [1.29, 1.82) is 0 Å². The first-order chi connectivity index (χ1) is 8.36. The lowest BCUT2D eigenvalue weighted by atomic mass is 10.1. The molecule has 1 aromatic rings. The monoisotopic (exact) mass is 440 g/mol. The topological polar surface area (TPSA) is 3.24 Å². The number of quaternary nitrogens is 1. The molecule has 4 rings (SSSR count). The largest absolute Gasteiger partial charge is 1.00 e. The van der Waals surface area contributed by atoms with E-state index in [-0.39, 0.29) is 17.0 Å². The summed E-state index contributed by atoms with van der Waals surface area (Å²) in [6.45, 7) is 9.25. The standard InChI is InChI=1S/C13H19N2.Br2.BrH/c1-2-4-13(5-3-1)12-15-9-6-14(7-10-15)8-11-15;1-2;/h1-5H,6-12H2;;1H/q+1;;/p-1. The van der Waals surface area contributed by atoms with E-state index in [1.54, 1.807) is 0 Å². The lowest BCUT2D eigenvalue weighted by Crippen LogP contribution is -3.00. The Kier molecular flexibility index (Phi) is 7.39. The molecule has 18 heavy (non-hydrogen) atoms. The highest BCUT2D eigenvalue weighted by molar-refractivity contribution is 9.93. The summed E-state index contributed by atoms with van der Waals surface area (Å²) in [5.41, 5.74) is 1.51. The van der Waals surface area contributed by atoms with Gasteiger partial charge in [0.1, 0.15) is 6.54 Å². The molecule has 0 radical (unpaired) electrons. The summed E-state index contributed by atoms with van der Waals surface area (Å²) in [5.74, 6) is 0. The number of piperazine rings is 3. The molecule has 0 aliphatic carbocycles. The molecule has 5 heteroatoms. The highest BCUT2D eigenvalue weighted by Gasteiger charge is 2.38. The predicted octanol–water partition coefficient (Wildman–Crippen LogP) is 0.0278. The third-order valence-corrected chi connectivity index (χ3v) is 4.03. The summed E-state index contributed by atoms with van der Waals surface area (Å²) in [5, 5.41) is 0. The Hall–Kier alpha value is 0.580. The summed E-state index contributed by atoms with van der Waals surface area (Å²) in [7, 11) is 0. The summed E-state index contributed by atoms with van der Waals surface area (Å²) in [6.07, 6.45) is 0. The van der Waals surface area contributed by atoms with Crippen LogP contribution in [0.2, 0.25) is 0 Å². The number of rotatable bonds is 2. The van der Waals surface area contributed by atoms with Crippen molar-refractivity contribution in [1.82, 2.24) is 4.90 Å². The normalized spacial score (nSPS) is 28.9. The van der Waals surface area contributed by atoms with Crippen LogP contribution in [0.25, 0.3) is 0 Å². The lowest BCUT2D eigenvalue weighted by Gasteiger charge is -2.50. The van der Waals surface area contributed by atoms with Gasteiger partial charge in [-0.3, -0.25) is 4.90 Å². The zero-order chi connectivity index (χ0) is 12.1. The van der Waals surface area contributed by atoms with Gasteiger partial charge in [-0.2, -0.15) is 0 Å². The van der Waals surface area contributed by atoms with E-state index in [0.717, 1.165) is 0 Å². The first-order valence-corrected chi connectivity index (χ1v) is 9.83. The van der Waals surface area contributed by atoms with Crippen molar-refractivity contribution in [3.63, 3.8) is 0 Å². The zero-order valence-corrected chi connectivity index (χ0v) is 15.1. The fourth-order valence-electron chi connectivity index (χ4n) is 2.94. The van der Waals surface area contributed by atoms with Crippen molar-refractivity contribution in [3.8, 4) is 0 Å². The van der Waals surface area contributed by atoms with Gasteiger partial charge in [0.05, 0.1) is 19.6 Å². The fourth-order valence-corrected chi connectivity index (χ4v) is 2.94. The van der Waals surface area contributed by atoms with E-state index in [4.69, 9.17) is 0 Å². The van der Waals surface area contributed by atoms with Gasteiger partial charge < -0.3 is 21.5 Å². The molecule has 3 aliphatic heterocycles. The van der Waals surface area contributed by atoms with Crippen LogP contribution in [-0.4, -0.2) is 48.7 Å². The van der Waals surface area contributed by atoms with Crippen molar-refractivity contribution >= 4 is 28.3 Å². The Bertz CT molecular complexity index is 324. The van der Waals surface area contributed by atoms with E-state index < -0.39 is 0 Å². The van der Waals surface area contributed by atoms with Crippen LogP contribution < -0.4 is 17.0 Å². The van der Waals surface area contributed by atoms with Gasteiger partial charge >= 0.3 is 0 Å². The maximum Gasteiger partial charge on any atom is 0.104 e. The molecule has 0 amide bonds. The molecule has 3 saturated heterocycles. The molecule has 2 bridgehead atoms. The average molecular weight is 443 g/mol. The van der Waals surface area contributed by atoms with Crippen molar-refractivity contribution < 1.29 is 21.5 Å². The molecule has 3 heterocycles. The lowest BCUT2D eigenvalue weighted by molar-refractivity contribution is -0.953. The Balaban J connectivity index is 0.000000516. The van der Waals surface area contributed by atoms with Crippen molar-refractivity contribution in [2.24, 2.45) is 0 Å². The van der Waals surface area contributed by atoms with Gasteiger partial charge in [0.25, 0.3) is 0 Å². The van der Waals surface area contributed by atoms with Crippen LogP contribution in [0.5, 0.6) is 0 Å². The Labute approximate surface area is 136 Å². The third kappa shape index (κ3) is 4.04. The molecule has 102 valence electrons. The molecule has 1 aromatic carbocycles.